The third-order valence-corrected chi connectivity index (χ3v) is 3.40. The molecule has 0 aliphatic heterocycles. The summed E-state index contributed by atoms with van der Waals surface area (Å²) in [5.74, 6) is 0.587. The van der Waals surface area contributed by atoms with Crippen LogP contribution in [-0.4, -0.2) is 22.1 Å². The molecule has 2 aromatic rings. The van der Waals surface area contributed by atoms with Gasteiger partial charge in [-0.1, -0.05) is 69.6 Å². The number of hydrogen-bond acceptors (Lipinski definition) is 5. The SMILES string of the molecule is COc1ccc(Oc2nc(C(Cl)(Cl)Cl)nc(C(Cl)(Cl)Cl)n2)cc1. The van der Waals surface area contributed by atoms with E-state index in [1.165, 1.54) is 0 Å². The highest BCUT2D eigenvalue weighted by Crippen LogP contribution is 2.40. The summed E-state index contributed by atoms with van der Waals surface area (Å²) in [6.45, 7) is 0. The van der Waals surface area contributed by atoms with Crippen molar-refractivity contribution < 1.29 is 9.47 Å². The zero-order chi connectivity index (χ0) is 17.3. The molecular formula is C12H7Cl6N3O2. The summed E-state index contributed by atoms with van der Waals surface area (Å²) in [5.41, 5.74) is 0. The van der Waals surface area contributed by atoms with E-state index in [-0.39, 0.29) is 17.7 Å². The summed E-state index contributed by atoms with van der Waals surface area (Å²) < 4.78 is 6.65. The molecule has 0 aliphatic rings. The molecule has 124 valence electrons. The molecule has 1 heterocycles. The van der Waals surface area contributed by atoms with E-state index in [9.17, 15) is 0 Å². The van der Waals surface area contributed by atoms with Crippen LogP contribution in [0.2, 0.25) is 0 Å². The molecule has 0 amide bonds. The number of benzene rings is 1. The van der Waals surface area contributed by atoms with Crippen molar-refractivity contribution in [3.8, 4) is 17.5 Å². The molecule has 0 fully saturated rings. The molecule has 0 spiro atoms. The summed E-state index contributed by atoms with van der Waals surface area (Å²) in [4.78, 5) is 11.6. The smallest absolute Gasteiger partial charge is 0.325 e. The number of alkyl halides is 6. The van der Waals surface area contributed by atoms with E-state index in [0.717, 1.165) is 0 Å². The maximum absolute atomic E-state index is 5.77. The molecule has 11 heteroatoms. The van der Waals surface area contributed by atoms with E-state index in [2.05, 4.69) is 15.0 Å². The molecule has 0 saturated carbocycles. The number of aromatic nitrogens is 3. The lowest BCUT2D eigenvalue weighted by atomic mass is 10.3. The molecule has 0 atom stereocenters. The molecule has 23 heavy (non-hydrogen) atoms. The van der Waals surface area contributed by atoms with Crippen LogP contribution in [0.5, 0.6) is 17.5 Å². The molecule has 0 aliphatic carbocycles. The summed E-state index contributed by atoms with van der Waals surface area (Å²) in [6, 6.07) is 6.44. The van der Waals surface area contributed by atoms with Gasteiger partial charge in [-0.25, -0.2) is 4.98 Å². The van der Waals surface area contributed by atoms with Crippen molar-refractivity contribution in [2.75, 3.05) is 7.11 Å². The number of ether oxygens (including phenoxy) is 2. The fourth-order valence-corrected chi connectivity index (χ4v) is 1.91. The maximum Gasteiger partial charge on any atom is 0.325 e. The van der Waals surface area contributed by atoms with Crippen LogP contribution in [0.3, 0.4) is 0 Å². The van der Waals surface area contributed by atoms with Crippen molar-refractivity contribution in [3.05, 3.63) is 35.9 Å². The number of nitrogens with zero attached hydrogens (tertiary/aromatic N) is 3. The van der Waals surface area contributed by atoms with E-state index in [0.29, 0.717) is 11.5 Å². The molecule has 0 unspecified atom stereocenters. The maximum atomic E-state index is 5.77. The van der Waals surface area contributed by atoms with E-state index in [1.807, 2.05) is 0 Å². The molecule has 5 nitrogen and oxygen atoms in total. The number of rotatable bonds is 3. The second-order valence-corrected chi connectivity index (χ2v) is 8.60. The molecule has 0 N–H and O–H groups in total. The fourth-order valence-electron chi connectivity index (χ4n) is 1.40. The van der Waals surface area contributed by atoms with Gasteiger partial charge in [-0.3, -0.25) is 0 Å². The number of methoxy groups -OCH3 is 1. The van der Waals surface area contributed by atoms with Gasteiger partial charge in [0.15, 0.2) is 11.6 Å². The monoisotopic (exact) mass is 435 g/mol. The predicted molar refractivity (Wildman–Crippen MR) is 91.4 cm³/mol. The van der Waals surface area contributed by atoms with Crippen LogP contribution in [-0.2, 0) is 7.59 Å². The number of hydrogen-bond donors (Lipinski definition) is 0. The highest BCUT2D eigenvalue weighted by molar-refractivity contribution is 6.67. The minimum Gasteiger partial charge on any atom is -0.497 e. The van der Waals surface area contributed by atoms with Crippen molar-refractivity contribution >= 4 is 69.6 Å². The Morgan fingerprint density at radius 3 is 1.57 bits per heavy atom. The van der Waals surface area contributed by atoms with E-state index < -0.39 is 7.59 Å². The first-order chi connectivity index (χ1) is 10.6. The van der Waals surface area contributed by atoms with Crippen molar-refractivity contribution in [1.29, 1.82) is 0 Å². The Balaban J connectivity index is 2.40. The minimum atomic E-state index is -1.94. The molecule has 0 bridgehead atoms. The van der Waals surface area contributed by atoms with E-state index in [4.69, 9.17) is 79.1 Å². The van der Waals surface area contributed by atoms with Crippen molar-refractivity contribution in [2.24, 2.45) is 0 Å². The van der Waals surface area contributed by atoms with Gasteiger partial charge in [0, 0.05) is 0 Å². The van der Waals surface area contributed by atoms with Crippen molar-refractivity contribution in [1.82, 2.24) is 15.0 Å². The average molecular weight is 438 g/mol. The van der Waals surface area contributed by atoms with Gasteiger partial charge in [-0.15, -0.1) is 0 Å². The van der Waals surface area contributed by atoms with Gasteiger partial charge in [0.2, 0.25) is 7.59 Å². The second kappa shape index (κ2) is 7.21. The Kier molecular flexibility index (Phi) is 5.93. The Morgan fingerprint density at radius 1 is 0.739 bits per heavy atom. The highest BCUT2D eigenvalue weighted by atomic mass is 35.6. The Morgan fingerprint density at radius 2 is 1.17 bits per heavy atom. The minimum absolute atomic E-state index is 0.187. The third kappa shape index (κ3) is 5.28. The largest absolute Gasteiger partial charge is 0.497 e. The third-order valence-electron chi connectivity index (χ3n) is 2.39. The molecule has 1 aromatic carbocycles. The van der Waals surface area contributed by atoms with E-state index in [1.54, 1.807) is 31.4 Å². The summed E-state index contributed by atoms with van der Waals surface area (Å²) >= 11 is 34.6. The van der Waals surface area contributed by atoms with Gasteiger partial charge >= 0.3 is 6.01 Å². The van der Waals surface area contributed by atoms with Crippen LogP contribution >= 0.6 is 69.6 Å². The highest BCUT2D eigenvalue weighted by Gasteiger charge is 2.34. The molecule has 1 aromatic heterocycles. The first kappa shape index (κ1) is 18.9. The van der Waals surface area contributed by atoms with E-state index >= 15 is 0 Å². The standard InChI is InChI=1S/C12H7Cl6N3O2/c1-22-6-2-4-7(5-3-6)23-10-20-8(11(13,14)15)19-9(21-10)12(16,17)18/h2-5H,1H3. The van der Waals surface area contributed by atoms with Crippen LogP contribution in [0.25, 0.3) is 0 Å². The lowest BCUT2D eigenvalue weighted by Crippen LogP contribution is -2.16. The summed E-state index contributed by atoms with van der Waals surface area (Å²) in [5, 5.41) is 0. The Labute approximate surface area is 161 Å². The summed E-state index contributed by atoms with van der Waals surface area (Å²) in [6.07, 6.45) is 0. The predicted octanol–water partition coefficient (Wildman–Crippen LogP) is 5.33. The Bertz CT molecular complexity index is 652. The quantitative estimate of drug-likeness (QED) is 0.608. The van der Waals surface area contributed by atoms with Crippen LogP contribution < -0.4 is 9.47 Å². The number of halogens is 6. The lowest BCUT2D eigenvalue weighted by Gasteiger charge is -2.15. The van der Waals surface area contributed by atoms with Gasteiger partial charge in [0.25, 0.3) is 0 Å². The molecule has 0 saturated heterocycles. The average Bonchev–Trinajstić information content (AvgIpc) is 2.46. The van der Waals surface area contributed by atoms with Crippen LogP contribution in [0.15, 0.2) is 24.3 Å². The first-order valence-electron chi connectivity index (χ1n) is 5.82. The summed E-state index contributed by atoms with van der Waals surface area (Å²) in [7, 11) is 1.54. The van der Waals surface area contributed by atoms with Gasteiger partial charge in [0.1, 0.15) is 11.5 Å². The first-order valence-corrected chi connectivity index (χ1v) is 8.09. The van der Waals surface area contributed by atoms with Gasteiger partial charge in [-0.05, 0) is 24.3 Å². The van der Waals surface area contributed by atoms with Gasteiger partial charge < -0.3 is 9.47 Å². The molecule has 2 rings (SSSR count). The molecular weight excluding hydrogens is 431 g/mol. The zero-order valence-electron chi connectivity index (χ0n) is 11.2. The second-order valence-electron chi connectivity index (χ2n) is 4.04. The van der Waals surface area contributed by atoms with Gasteiger partial charge in [-0.2, -0.15) is 9.97 Å². The lowest BCUT2D eigenvalue weighted by molar-refractivity contribution is 0.409. The van der Waals surface area contributed by atoms with Gasteiger partial charge in [0.05, 0.1) is 7.11 Å². The molecule has 0 radical (unpaired) electrons. The Hall–Kier alpha value is -0.430. The van der Waals surface area contributed by atoms with Crippen molar-refractivity contribution in [2.45, 2.75) is 7.59 Å². The van der Waals surface area contributed by atoms with Crippen LogP contribution in [0, 0.1) is 0 Å². The fraction of sp³-hybridized carbons (Fsp3) is 0.250. The van der Waals surface area contributed by atoms with Crippen molar-refractivity contribution in [3.63, 3.8) is 0 Å². The topological polar surface area (TPSA) is 57.1 Å². The van der Waals surface area contributed by atoms with Crippen LogP contribution in [0.1, 0.15) is 11.6 Å². The normalized spacial score (nSPS) is 12.1. The van der Waals surface area contributed by atoms with Crippen LogP contribution in [0.4, 0.5) is 0 Å². The zero-order valence-corrected chi connectivity index (χ0v) is 15.8.